The number of fused-ring (bicyclic) bond motifs is 1. The lowest BCUT2D eigenvalue weighted by atomic mass is 9.95. The van der Waals surface area contributed by atoms with Crippen LogP contribution >= 0.6 is 22.6 Å². The van der Waals surface area contributed by atoms with Crippen LogP contribution in [0, 0.1) is 3.57 Å². The van der Waals surface area contributed by atoms with E-state index in [0.717, 1.165) is 0 Å². The molecule has 110 valence electrons. The van der Waals surface area contributed by atoms with Crippen molar-refractivity contribution in [1.29, 1.82) is 0 Å². The van der Waals surface area contributed by atoms with Crippen molar-refractivity contribution in [3.05, 3.63) is 94.6 Å². The highest BCUT2D eigenvalue weighted by atomic mass is 127. The molecule has 0 saturated heterocycles. The van der Waals surface area contributed by atoms with E-state index in [4.69, 9.17) is 0 Å². The summed E-state index contributed by atoms with van der Waals surface area (Å²) in [4.78, 5) is 0. The fraction of sp³-hybridized carbons (Fsp3) is 0. The van der Waals surface area contributed by atoms with E-state index in [2.05, 4.69) is 114 Å². The lowest BCUT2D eigenvalue weighted by molar-refractivity contribution is 1.61. The molecule has 0 heterocycles. The van der Waals surface area contributed by atoms with E-state index in [1.54, 1.807) is 0 Å². The molecule has 23 heavy (non-hydrogen) atoms. The molecule has 0 radical (unpaired) electrons. The Kier molecular flexibility index (Phi) is 3.88. The van der Waals surface area contributed by atoms with Crippen LogP contribution in [-0.2, 0) is 0 Å². The van der Waals surface area contributed by atoms with Crippen molar-refractivity contribution in [1.82, 2.24) is 0 Å². The first-order valence-electron chi connectivity index (χ1n) is 7.66. The van der Waals surface area contributed by atoms with Gasteiger partial charge in [0.05, 0.1) is 0 Å². The van der Waals surface area contributed by atoms with E-state index in [9.17, 15) is 0 Å². The summed E-state index contributed by atoms with van der Waals surface area (Å²) >= 11 is 2.43. The zero-order valence-electron chi connectivity index (χ0n) is 12.5. The van der Waals surface area contributed by atoms with Crippen LogP contribution in [-0.4, -0.2) is 0 Å². The van der Waals surface area contributed by atoms with Gasteiger partial charge in [-0.2, -0.15) is 0 Å². The van der Waals surface area contributed by atoms with E-state index < -0.39 is 0 Å². The van der Waals surface area contributed by atoms with Gasteiger partial charge in [-0.25, -0.2) is 0 Å². The molecule has 0 atom stereocenters. The van der Waals surface area contributed by atoms with Gasteiger partial charge in [0.25, 0.3) is 0 Å². The van der Waals surface area contributed by atoms with Crippen molar-refractivity contribution >= 4 is 33.4 Å². The molecule has 0 saturated carbocycles. The van der Waals surface area contributed by atoms with Gasteiger partial charge < -0.3 is 0 Å². The maximum absolute atomic E-state index is 2.43. The van der Waals surface area contributed by atoms with Crippen molar-refractivity contribution < 1.29 is 0 Å². The van der Waals surface area contributed by atoms with Gasteiger partial charge >= 0.3 is 0 Å². The Bertz CT molecular complexity index is 957. The molecule has 0 aliphatic heterocycles. The zero-order valence-corrected chi connectivity index (χ0v) is 14.7. The molecule has 0 spiro atoms. The Balaban J connectivity index is 1.95. The van der Waals surface area contributed by atoms with Crippen LogP contribution < -0.4 is 0 Å². The third-order valence-electron chi connectivity index (χ3n) is 4.16. The SMILES string of the molecule is Ic1ccc(-c2ccccc2)c2ccc(-c3ccccc3)cc12. The second-order valence-electron chi connectivity index (χ2n) is 5.59. The number of hydrogen-bond donors (Lipinski definition) is 0. The van der Waals surface area contributed by atoms with E-state index in [1.807, 2.05) is 0 Å². The van der Waals surface area contributed by atoms with Gasteiger partial charge in [0.1, 0.15) is 0 Å². The summed E-state index contributed by atoms with van der Waals surface area (Å²) in [7, 11) is 0. The minimum absolute atomic E-state index is 1.26. The molecule has 4 rings (SSSR count). The third kappa shape index (κ3) is 2.77. The van der Waals surface area contributed by atoms with Crippen LogP contribution in [0.2, 0.25) is 0 Å². The topological polar surface area (TPSA) is 0 Å². The number of hydrogen-bond acceptors (Lipinski definition) is 0. The maximum atomic E-state index is 2.43. The third-order valence-corrected chi connectivity index (χ3v) is 5.10. The van der Waals surface area contributed by atoms with Crippen molar-refractivity contribution in [2.75, 3.05) is 0 Å². The van der Waals surface area contributed by atoms with Crippen LogP contribution in [0.1, 0.15) is 0 Å². The van der Waals surface area contributed by atoms with Crippen molar-refractivity contribution in [3.8, 4) is 22.3 Å². The molecule has 0 unspecified atom stereocenters. The quantitative estimate of drug-likeness (QED) is 0.322. The molecule has 0 bridgehead atoms. The Hall–Kier alpha value is -2.13. The number of benzene rings is 4. The second kappa shape index (κ2) is 6.17. The zero-order chi connectivity index (χ0) is 15.6. The highest BCUT2D eigenvalue weighted by Crippen LogP contribution is 2.34. The van der Waals surface area contributed by atoms with E-state index >= 15 is 0 Å². The first-order chi connectivity index (χ1) is 11.3. The molecule has 0 N–H and O–H groups in total. The predicted octanol–water partition coefficient (Wildman–Crippen LogP) is 6.78. The highest BCUT2D eigenvalue weighted by molar-refractivity contribution is 14.1. The van der Waals surface area contributed by atoms with Crippen LogP contribution in [0.25, 0.3) is 33.0 Å². The highest BCUT2D eigenvalue weighted by Gasteiger charge is 2.08. The molecular formula is C22H15I. The van der Waals surface area contributed by atoms with Gasteiger partial charge in [-0.1, -0.05) is 78.9 Å². The molecule has 0 aromatic heterocycles. The molecule has 4 aromatic carbocycles. The summed E-state index contributed by atoms with van der Waals surface area (Å²) < 4.78 is 1.29. The summed E-state index contributed by atoms with van der Waals surface area (Å²) in [5.74, 6) is 0. The molecule has 0 amide bonds. The molecule has 0 aliphatic rings. The number of halogens is 1. The van der Waals surface area contributed by atoms with E-state index in [1.165, 1.54) is 36.6 Å². The van der Waals surface area contributed by atoms with Gasteiger partial charge in [0.15, 0.2) is 0 Å². The van der Waals surface area contributed by atoms with Crippen molar-refractivity contribution in [2.24, 2.45) is 0 Å². The Morgan fingerprint density at radius 3 is 1.83 bits per heavy atom. The Morgan fingerprint density at radius 2 is 1.13 bits per heavy atom. The molecule has 0 fully saturated rings. The maximum Gasteiger partial charge on any atom is 0.0209 e. The molecule has 0 nitrogen and oxygen atoms in total. The fourth-order valence-electron chi connectivity index (χ4n) is 2.99. The number of rotatable bonds is 2. The lowest BCUT2D eigenvalue weighted by Crippen LogP contribution is -1.86. The summed E-state index contributed by atoms with van der Waals surface area (Å²) in [5, 5.41) is 2.62. The van der Waals surface area contributed by atoms with Gasteiger partial charge in [-0.05, 0) is 67.7 Å². The summed E-state index contributed by atoms with van der Waals surface area (Å²) in [6, 6.07) is 32.4. The standard InChI is InChI=1S/C22H15I/c23-22-14-13-19(17-9-5-2-6-10-17)20-12-11-18(15-21(20)22)16-7-3-1-4-8-16/h1-15H. The Labute approximate surface area is 149 Å². The molecule has 0 aliphatic carbocycles. The van der Waals surface area contributed by atoms with Crippen molar-refractivity contribution in [2.45, 2.75) is 0 Å². The first kappa shape index (κ1) is 14.5. The van der Waals surface area contributed by atoms with Crippen LogP contribution in [0.3, 0.4) is 0 Å². The van der Waals surface area contributed by atoms with Gasteiger partial charge in [-0.3, -0.25) is 0 Å². The van der Waals surface area contributed by atoms with Crippen LogP contribution in [0.15, 0.2) is 91.0 Å². The van der Waals surface area contributed by atoms with E-state index in [0.29, 0.717) is 0 Å². The predicted molar refractivity (Wildman–Crippen MR) is 108 cm³/mol. The van der Waals surface area contributed by atoms with Crippen molar-refractivity contribution in [3.63, 3.8) is 0 Å². The van der Waals surface area contributed by atoms with Gasteiger partial charge in [-0.15, -0.1) is 0 Å². The monoisotopic (exact) mass is 406 g/mol. The van der Waals surface area contributed by atoms with Crippen LogP contribution in [0.5, 0.6) is 0 Å². The van der Waals surface area contributed by atoms with Gasteiger partial charge in [0, 0.05) is 3.57 Å². The lowest BCUT2D eigenvalue weighted by Gasteiger charge is -2.11. The normalized spacial score (nSPS) is 10.8. The minimum atomic E-state index is 1.26. The summed E-state index contributed by atoms with van der Waals surface area (Å²) in [6.45, 7) is 0. The average Bonchev–Trinajstić information content (AvgIpc) is 2.63. The first-order valence-corrected chi connectivity index (χ1v) is 8.74. The summed E-state index contributed by atoms with van der Waals surface area (Å²) in [5.41, 5.74) is 5.08. The smallest absolute Gasteiger partial charge is 0.0209 e. The molecule has 1 heteroatoms. The Morgan fingerprint density at radius 1 is 0.478 bits per heavy atom. The van der Waals surface area contributed by atoms with Gasteiger partial charge in [0.2, 0.25) is 0 Å². The van der Waals surface area contributed by atoms with E-state index in [-0.39, 0.29) is 0 Å². The summed E-state index contributed by atoms with van der Waals surface area (Å²) in [6.07, 6.45) is 0. The fourth-order valence-corrected chi connectivity index (χ4v) is 3.62. The second-order valence-corrected chi connectivity index (χ2v) is 6.75. The largest absolute Gasteiger partial charge is 0.0622 e. The van der Waals surface area contributed by atoms with Crippen LogP contribution in [0.4, 0.5) is 0 Å². The molecular weight excluding hydrogens is 391 g/mol. The minimum Gasteiger partial charge on any atom is -0.0622 e. The molecule has 4 aromatic rings. The average molecular weight is 406 g/mol.